The zero-order chi connectivity index (χ0) is 19.7. The van der Waals surface area contributed by atoms with Gasteiger partial charge in [-0.15, -0.1) is 0 Å². The summed E-state index contributed by atoms with van der Waals surface area (Å²) in [6.45, 7) is 1.95. The first kappa shape index (κ1) is 17.9. The predicted molar refractivity (Wildman–Crippen MR) is 105 cm³/mol. The maximum Gasteiger partial charge on any atom is 0.330 e. The Bertz CT molecular complexity index is 1270. The van der Waals surface area contributed by atoms with Crippen LogP contribution >= 0.6 is 11.3 Å². The SMILES string of the molecule is Cc1nc(-n2cccc2)sc1C(=O)NCCn1c(=O)[nH]c2ncccc2c1=O. The molecule has 10 heteroatoms. The van der Waals surface area contributed by atoms with E-state index in [4.69, 9.17) is 0 Å². The number of fused-ring (bicyclic) bond motifs is 1. The molecule has 0 aliphatic heterocycles. The molecule has 0 atom stereocenters. The van der Waals surface area contributed by atoms with Crippen molar-refractivity contribution in [3.8, 4) is 5.13 Å². The molecule has 4 heterocycles. The number of amides is 1. The summed E-state index contributed by atoms with van der Waals surface area (Å²) in [6, 6.07) is 6.98. The van der Waals surface area contributed by atoms with E-state index in [1.165, 1.54) is 17.5 Å². The van der Waals surface area contributed by atoms with Crippen molar-refractivity contribution >= 4 is 28.3 Å². The number of aromatic amines is 1. The molecule has 0 unspecified atom stereocenters. The summed E-state index contributed by atoms with van der Waals surface area (Å²) in [5, 5.41) is 3.76. The molecule has 9 nitrogen and oxygen atoms in total. The van der Waals surface area contributed by atoms with Gasteiger partial charge in [0.05, 0.1) is 11.1 Å². The highest BCUT2D eigenvalue weighted by Gasteiger charge is 2.16. The van der Waals surface area contributed by atoms with Crippen molar-refractivity contribution in [2.24, 2.45) is 0 Å². The van der Waals surface area contributed by atoms with Gasteiger partial charge in [-0.3, -0.25) is 19.1 Å². The van der Waals surface area contributed by atoms with Gasteiger partial charge in [-0.05, 0) is 31.2 Å². The smallest absolute Gasteiger partial charge is 0.330 e. The molecule has 1 amide bonds. The van der Waals surface area contributed by atoms with Gasteiger partial charge in [0, 0.05) is 31.7 Å². The van der Waals surface area contributed by atoms with E-state index in [1.807, 2.05) is 29.1 Å². The Morgan fingerprint density at radius 3 is 2.82 bits per heavy atom. The minimum Gasteiger partial charge on any atom is -0.349 e. The maximum absolute atomic E-state index is 12.5. The number of nitrogens with one attached hydrogen (secondary N) is 2. The monoisotopic (exact) mass is 396 g/mol. The van der Waals surface area contributed by atoms with Crippen LogP contribution in [0, 0.1) is 6.92 Å². The molecule has 0 aliphatic rings. The number of hydrogen-bond donors (Lipinski definition) is 2. The average molecular weight is 396 g/mol. The zero-order valence-corrected chi connectivity index (χ0v) is 15.7. The number of H-pyrrole nitrogens is 1. The topological polar surface area (TPSA) is 115 Å². The average Bonchev–Trinajstić information content (AvgIpc) is 3.34. The summed E-state index contributed by atoms with van der Waals surface area (Å²) in [5.41, 5.74) is -0.132. The Morgan fingerprint density at radius 1 is 1.25 bits per heavy atom. The molecule has 0 spiro atoms. The maximum atomic E-state index is 12.5. The fraction of sp³-hybridized carbons (Fsp3) is 0.167. The number of pyridine rings is 1. The van der Waals surface area contributed by atoms with Gasteiger partial charge >= 0.3 is 5.69 Å². The molecule has 142 valence electrons. The summed E-state index contributed by atoms with van der Waals surface area (Å²) in [6.07, 6.45) is 5.21. The quantitative estimate of drug-likeness (QED) is 0.524. The van der Waals surface area contributed by atoms with Crippen molar-refractivity contribution in [2.75, 3.05) is 6.54 Å². The predicted octanol–water partition coefficient (Wildman–Crippen LogP) is 1.07. The first-order valence-corrected chi connectivity index (χ1v) is 9.33. The van der Waals surface area contributed by atoms with Crippen molar-refractivity contribution < 1.29 is 4.79 Å². The molecule has 4 aromatic heterocycles. The molecule has 4 rings (SSSR count). The first-order valence-electron chi connectivity index (χ1n) is 8.51. The Kier molecular flexibility index (Phi) is 4.62. The summed E-state index contributed by atoms with van der Waals surface area (Å²) >= 11 is 1.27. The van der Waals surface area contributed by atoms with E-state index >= 15 is 0 Å². The molecule has 0 bridgehead atoms. The first-order chi connectivity index (χ1) is 13.5. The van der Waals surface area contributed by atoms with E-state index < -0.39 is 11.2 Å². The van der Waals surface area contributed by atoms with Crippen molar-refractivity contribution in [1.29, 1.82) is 0 Å². The Hall–Kier alpha value is -3.53. The van der Waals surface area contributed by atoms with Gasteiger partial charge in [0.15, 0.2) is 5.13 Å². The fourth-order valence-electron chi connectivity index (χ4n) is 2.81. The molecule has 0 saturated heterocycles. The molecule has 0 radical (unpaired) electrons. The van der Waals surface area contributed by atoms with Crippen LogP contribution in [-0.2, 0) is 6.54 Å². The van der Waals surface area contributed by atoms with E-state index in [0.717, 1.165) is 4.57 Å². The number of nitrogens with zero attached hydrogens (tertiary/aromatic N) is 4. The van der Waals surface area contributed by atoms with Crippen LogP contribution in [0.15, 0.2) is 52.4 Å². The van der Waals surface area contributed by atoms with Crippen LogP contribution in [0.4, 0.5) is 0 Å². The summed E-state index contributed by atoms with van der Waals surface area (Å²) < 4.78 is 2.88. The highest BCUT2D eigenvalue weighted by atomic mass is 32.1. The van der Waals surface area contributed by atoms with E-state index in [0.29, 0.717) is 21.1 Å². The van der Waals surface area contributed by atoms with E-state index in [-0.39, 0.29) is 24.6 Å². The van der Waals surface area contributed by atoms with Gasteiger partial charge in [-0.25, -0.2) is 14.8 Å². The molecule has 28 heavy (non-hydrogen) atoms. The largest absolute Gasteiger partial charge is 0.349 e. The Balaban J connectivity index is 1.49. The Labute approximate surface area is 162 Å². The summed E-state index contributed by atoms with van der Waals surface area (Å²) in [5.74, 6) is -0.291. The second-order valence-corrected chi connectivity index (χ2v) is 7.02. The molecule has 4 aromatic rings. The lowest BCUT2D eigenvalue weighted by molar-refractivity contribution is 0.0955. The van der Waals surface area contributed by atoms with Gasteiger partial charge in [0.25, 0.3) is 11.5 Å². The van der Waals surface area contributed by atoms with Gasteiger partial charge in [0.1, 0.15) is 10.5 Å². The number of rotatable bonds is 5. The van der Waals surface area contributed by atoms with Crippen LogP contribution in [0.25, 0.3) is 16.2 Å². The number of hydrogen-bond acceptors (Lipinski definition) is 6. The molecular formula is C18H16N6O3S. The van der Waals surface area contributed by atoms with E-state index in [1.54, 1.807) is 19.1 Å². The molecular weight excluding hydrogens is 380 g/mol. The van der Waals surface area contributed by atoms with Crippen LogP contribution in [0.1, 0.15) is 15.4 Å². The van der Waals surface area contributed by atoms with Gasteiger partial charge < -0.3 is 9.88 Å². The van der Waals surface area contributed by atoms with Gasteiger partial charge in [0.2, 0.25) is 0 Å². The Morgan fingerprint density at radius 2 is 2.04 bits per heavy atom. The lowest BCUT2D eigenvalue weighted by atomic mass is 10.3. The van der Waals surface area contributed by atoms with Crippen LogP contribution in [0.3, 0.4) is 0 Å². The highest BCUT2D eigenvalue weighted by molar-refractivity contribution is 7.16. The summed E-state index contributed by atoms with van der Waals surface area (Å²) in [7, 11) is 0. The third-order valence-corrected chi connectivity index (χ3v) is 5.36. The van der Waals surface area contributed by atoms with Crippen molar-refractivity contribution in [3.05, 3.63) is 74.3 Å². The molecule has 0 fully saturated rings. The number of carbonyl (C=O) groups excluding carboxylic acids is 1. The minimum absolute atomic E-state index is 0.0487. The number of carbonyl (C=O) groups is 1. The number of aromatic nitrogens is 5. The van der Waals surface area contributed by atoms with E-state index in [2.05, 4.69) is 20.3 Å². The van der Waals surface area contributed by atoms with Crippen molar-refractivity contribution in [2.45, 2.75) is 13.5 Å². The third-order valence-electron chi connectivity index (χ3n) is 4.19. The standard InChI is InChI=1S/C18H16N6O3S/c1-11-13(28-18(21-11)23-8-2-3-9-23)15(25)20-7-10-24-16(26)12-5-4-6-19-14(12)22-17(24)27/h2-6,8-9H,7,10H2,1H3,(H,20,25)(H,19,22,27). The van der Waals surface area contributed by atoms with E-state index in [9.17, 15) is 14.4 Å². The molecule has 0 aliphatic carbocycles. The lowest BCUT2D eigenvalue weighted by Gasteiger charge is -2.07. The van der Waals surface area contributed by atoms with Crippen LogP contribution in [0.5, 0.6) is 0 Å². The van der Waals surface area contributed by atoms with Crippen LogP contribution < -0.4 is 16.6 Å². The molecule has 2 N–H and O–H groups in total. The fourth-order valence-corrected chi connectivity index (χ4v) is 3.76. The second-order valence-electron chi connectivity index (χ2n) is 6.04. The lowest BCUT2D eigenvalue weighted by Crippen LogP contribution is -2.39. The van der Waals surface area contributed by atoms with Crippen LogP contribution in [0.2, 0.25) is 0 Å². The van der Waals surface area contributed by atoms with Crippen molar-refractivity contribution in [1.82, 2.24) is 29.4 Å². The third kappa shape index (κ3) is 3.25. The van der Waals surface area contributed by atoms with Crippen LogP contribution in [-0.4, -0.2) is 36.5 Å². The highest BCUT2D eigenvalue weighted by Crippen LogP contribution is 2.21. The minimum atomic E-state index is -0.561. The summed E-state index contributed by atoms with van der Waals surface area (Å²) in [4.78, 5) is 48.5. The molecule has 0 saturated carbocycles. The van der Waals surface area contributed by atoms with Crippen molar-refractivity contribution in [3.63, 3.8) is 0 Å². The second kappa shape index (κ2) is 7.24. The van der Waals surface area contributed by atoms with Gasteiger partial charge in [-0.2, -0.15) is 0 Å². The molecule has 0 aromatic carbocycles. The number of aryl methyl sites for hydroxylation is 1. The number of thiazole rings is 1. The normalized spacial score (nSPS) is 11.0. The zero-order valence-electron chi connectivity index (χ0n) is 14.9. The van der Waals surface area contributed by atoms with Gasteiger partial charge in [-0.1, -0.05) is 11.3 Å².